The van der Waals surface area contributed by atoms with Crippen molar-refractivity contribution >= 4 is 29.0 Å². The van der Waals surface area contributed by atoms with Crippen LogP contribution in [0.2, 0.25) is 5.02 Å². The molecular weight excluding hydrogens is 330 g/mol. The Labute approximate surface area is 141 Å². The first kappa shape index (κ1) is 15.5. The predicted octanol–water partition coefficient (Wildman–Crippen LogP) is 2.21. The van der Waals surface area contributed by atoms with E-state index in [-0.39, 0.29) is 17.8 Å². The minimum atomic E-state index is -0.464. The number of halogens is 1. The van der Waals surface area contributed by atoms with E-state index < -0.39 is 5.91 Å². The molecule has 1 amide bonds. The second kappa shape index (κ2) is 6.03. The van der Waals surface area contributed by atoms with Crippen molar-refractivity contribution in [1.29, 1.82) is 10.5 Å². The van der Waals surface area contributed by atoms with Crippen LogP contribution < -0.4 is 5.32 Å². The Morgan fingerprint density at radius 1 is 1.50 bits per heavy atom. The average Bonchev–Trinajstić information content (AvgIpc) is 3.06. The van der Waals surface area contributed by atoms with Crippen LogP contribution in [-0.2, 0) is 6.42 Å². The van der Waals surface area contributed by atoms with Crippen LogP contribution >= 0.6 is 11.6 Å². The van der Waals surface area contributed by atoms with Crippen LogP contribution in [0.5, 0.6) is 0 Å². The van der Waals surface area contributed by atoms with Crippen molar-refractivity contribution in [3.05, 3.63) is 46.0 Å². The topological polar surface area (TPSA) is 123 Å². The monoisotopic (exact) mass is 339 g/mol. The Kier molecular flexibility index (Phi) is 3.90. The number of nitrogens with one attached hydrogen (secondary N) is 2. The lowest BCUT2D eigenvalue weighted by atomic mass is 10.2. The van der Waals surface area contributed by atoms with E-state index in [9.17, 15) is 10.1 Å². The Morgan fingerprint density at radius 2 is 2.29 bits per heavy atom. The number of aromatic amines is 1. The number of aromatic nitrogens is 4. The fourth-order valence-corrected chi connectivity index (χ4v) is 2.53. The molecular formula is C15H10ClN7O. The van der Waals surface area contributed by atoms with Crippen molar-refractivity contribution in [2.75, 3.05) is 5.32 Å². The van der Waals surface area contributed by atoms with Crippen LogP contribution in [0.1, 0.15) is 27.4 Å². The third-order valence-electron chi connectivity index (χ3n) is 3.42. The number of carbonyl (C=O) groups excluding carboxylic acids is 1. The number of fused-ring (bicyclic) bond motifs is 1. The van der Waals surface area contributed by atoms with E-state index in [1.807, 2.05) is 12.1 Å². The van der Waals surface area contributed by atoms with Crippen LogP contribution in [0.3, 0.4) is 0 Å². The van der Waals surface area contributed by atoms with Crippen LogP contribution in [0, 0.1) is 29.6 Å². The van der Waals surface area contributed by atoms with Gasteiger partial charge in [0.2, 0.25) is 0 Å². The third kappa shape index (κ3) is 2.56. The molecule has 0 aliphatic rings. The molecule has 0 aliphatic heterocycles. The Bertz CT molecular complexity index is 1030. The lowest BCUT2D eigenvalue weighted by molar-refractivity contribution is 0.102. The summed E-state index contributed by atoms with van der Waals surface area (Å²) in [4.78, 5) is 16.9. The summed E-state index contributed by atoms with van der Waals surface area (Å²) in [7, 11) is 0. The number of aryl methyl sites for hydroxylation is 1. The van der Waals surface area contributed by atoms with E-state index in [2.05, 4.69) is 20.5 Å². The van der Waals surface area contributed by atoms with E-state index >= 15 is 0 Å². The maximum Gasteiger partial charge on any atom is 0.275 e. The molecule has 0 aromatic carbocycles. The Balaban J connectivity index is 1.99. The first-order chi connectivity index (χ1) is 11.5. The number of H-pyrrole nitrogens is 1. The number of rotatable bonds is 3. The van der Waals surface area contributed by atoms with Gasteiger partial charge in [-0.2, -0.15) is 15.6 Å². The van der Waals surface area contributed by atoms with Crippen LogP contribution in [0.4, 0.5) is 5.82 Å². The zero-order chi connectivity index (χ0) is 17.3. The van der Waals surface area contributed by atoms with Crippen LogP contribution in [0.15, 0.2) is 18.3 Å². The summed E-state index contributed by atoms with van der Waals surface area (Å²) in [5.74, 6) is -0.384. The number of anilines is 1. The SMILES string of the molecule is Cc1nc2cc(Cl)ccn2c1C(=O)Nc1n[nH]c(CC#N)c1C#N. The molecule has 3 rings (SSSR count). The molecule has 3 aromatic heterocycles. The van der Waals surface area contributed by atoms with Crippen LogP contribution in [-0.4, -0.2) is 25.5 Å². The predicted molar refractivity (Wildman–Crippen MR) is 85.5 cm³/mol. The van der Waals surface area contributed by atoms with E-state index in [0.717, 1.165) is 0 Å². The second-order valence-electron chi connectivity index (χ2n) is 4.95. The lowest BCUT2D eigenvalue weighted by Crippen LogP contribution is -2.16. The fraction of sp³-hybridized carbons (Fsp3) is 0.133. The first-order valence-corrected chi connectivity index (χ1v) is 7.22. The van der Waals surface area contributed by atoms with Gasteiger partial charge in [0.05, 0.1) is 23.9 Å². The van der Waals surface area contributed by atoms with Crippen molar-refractivity contribution in [3.8, 4) is 12.1 Å². The molecule has 0 saturated carbocycles. The first-order valence-electron chi connectivity index (χ1n) is 6.85. The highest BCUT2D eigenvalue weighted by molar-refractivity contribution is 6.30. The van der Waals surface area contributed by atoms with Gasteiger partial charge in [-0.3, -0.25) is 14.3 Å². The zero-order valence-electron chi connectivity index (χ0n) is 12.5. The van der Waals surface area contributed by atoms with E-state index in [1.165, 1.54) is 0 Å². The van der Waals surface area contributed by atoms with Gasteiger partial charge < -0.3 is 5.32 Å². The molecule has 0 fully saturated rings. The van der Waals surface area contributed by atoms with Gasteiger partial charge in [-0.25, -0.2) is 4.98 Å². The van der Waals surface area contributed by atoms with Gasteiger partial charge in [-0.05, 0) is 13.0 Å². The molecule has 8 nitrogen and oxygen atoms in total. The summed E-state index contributed by atoms with van der Waals surface area (Å²) < 4.78 is 1.60. The van der Waals surface area contributed by atoms with E-state index in [4.69, 9.17) is 16.9 Å². The summed E-state index contributed by atoms with van der Waals surface area (Å²) in [6.45, 7) is 1.70. The van der Waals surface area contributed by atoms with E-state index in [1.54, 1.807) is 29.7 Å². The van der Waals surface area contributed by atoms with Gasteiger partial charge in [-0.15, -0.1) is 0 Å². The number of pyridine rings is 1. The number of imidazole rings is 1. The summed E-state index contributed by atoms with van der Waals surface area (Å²) >= 11 is 5.93. The van der Waals surface area contributed by atoms with Crippen molar-refractivity contribution in [2.45, 2.75) is 13.3 Å². The number of hydrogen-bond donors (Lipinski definition) is 2. The summed E-state index contributed by atoms with van der Waals surface area (Å²) in [5, 5.41) is 27.5. The molecule has 0 atom stereocenters. The lowest BCUT2D eigenvalue weighted by Gasteiger charge is -2.04. The highest BCUT2D eigenvalue weighted by Gasteiger charge is 2.20. The van der Waals surface area contributed by atoms with Gasteiger partial charge in [0.15, 0.2) is 5.82 Å². The average molecular weight is 340 g/mol. The van der Waals surface area contributed by atoms with Gasteiger partial charge in [-0.1, -0.05) is 11.6 Å². The van der Waals surface area contributed by atoms with Gasteiger partial charge in [0.25, 0.3) is 5.91 Å². The molecule has 2 N–H and O–H groups in total. The molecule has 24 heavy (non-hydrogen) atoms. The fourth-order valence-electron chi connectivity index (χ4n) is 2.37. The summed E-state index contributed by atoms with van der Waals surface area (Å²) in [6.07, 6.45) is 1.64. The number of carbonyl (C=O) groups is 1. The van der Waals surface area contributed by atoms with Gasteiger partial charge in [0.1, 0.15) is 23.0 Å². The van der Waals surface area contributed by atoms with E-state index in [0.29, 0.717) is 27.8 Å². The highest BCUT2D eigenvalue weighted by Crippen LogP contribution is 2.20. The smallest absolute Gasteiger partial charge is 0.275 e. The second-order valence-corrected chi connectivity index (χ2v) is 5.38. The molecule has 0 radical (unpaired) electrons. The largest absolute Gasteiger partial charge is 0.303 e. The number of nitriles is 2. The third-order valence-corrected chi connectivity index (χ3v) is 3.65. The summed E-state index contributed by atoms with van der Waals surface area (Å²) in [5.41, 5.74) is 1.87. The molecule has 0 aliphatic carbocycles. The standard InChI is InChI=1S/C15H10ClN7O/c1-8-13(23-5-3-9(16)6-12(23)19-8)15(24)20-14-10(7-18)11(2-4-17)21-22-14/h3,5-6H,2H2,1H3,(H2,20,21,22,24). The molecule has 3 heterocycles. The maximum absolute atomic E-state index is 12.6. The van der Waals surface area contributed by atoms with Crippen LogP contribution in [0.25, 0.3) is 5.65 Å². The van der Waals surface area contributed by atoms with Crippen molar-refractivity contribution < 1.29 is 4.79 Å². The molecule has 9 heteroatoms. The molecule has 0 spiro atoms. The van der Waals surface area contributed by atoms with Crippen molar-refractivity contribution in [2.24, 2.45) is 0 Å². The number of nitrogens with zero attached hydrogens (tertiary/aromatic N) is 5. The Morgan fingerprint density at radius 3 is 3.00 bits per heavy atom. The van der Waals surface area contributed by atoms with Gasteiger partial charge in [0, 0.05) is 17.3 Å². The zero-order valence-corrected chi connectivity index (χ0v) is 13.2. The molecule has 0 bridgehead atoms. The maximum atomic E-state index is 12.6. The minimum Gasteiger partial charge on any atom is -0.303 e. The molecule has 118 valence electrons. The highest BCUT2D eigenvalue weighted by atomic mass is 35.5. The number of amides is 1. The summed E-state index contributed by atoms with van der Waals surface area (Å²) in [6, 6.07) is 7.16. The molecule has 3 aromatic rings. The quantitative estimate of drug-likeness (QED) is 0.757. The normalized spacial score (nSPS) is 10.3. The Hall–Kier alpha value is -3.36. The molecule has 0 saturated heterocycles. The number of hydrogen-bond acceptors (Lipinski definition) is 5. The van der Waals surface area contributed by atoms with Gasteiger partial charge >= 0.3 is 0 Å². The molecule has 0 unspecified atom stereocenters. The minimum absolute atomic E-state index is 0.00109. The van der Waals surface area contributed by atoms with Crippen molar-refractivity contribution in [1.82, 2.24) is 19.6 Å². The van der Waals surface area contributed by atoms with Crippen molar-refractivity contribution in [3.63, 3.8) is 0 Å².